The maximum absolute atomic E-state index is 4.53. The lowest BCUT2D eigenvalue weighted by Crippen LogP contribution is -1.99. The van der Waals surface area contributed by atoms with E-state index in [1.54, 1.807) is 11.8 Å². The Hall–Kier alpha value is -2.85. The van der Waals surface area contributed by atoms with Crippen molar-refractivity contribution in [1.29, 1.82) is 0 Å². The van der Waals surface area contributed by atoms with Gasteiger partial charge in [-0.1, -0.05) is 83.6 Å². The Morgan fingerprint density at radius 2 is 1.52 bits per heavy atom. The lowest BCUT2D eigenvalue weighted by molar-refractivity contribution is 0.886. The van der Waals surface area contributed by atoms with E-state index in [0.29, 0.717) is 0 Å². The van der Waals surface area contributed by atoms with Crippen LogP contribution in [0.25, 0.3) is 17.1 Å². The summed E-state index contributed by atoms with van der Waals surface area (Å²) in [5.41, 5.74) is 5.93. The average molecular weight is 372 g/mol. The second-order valence-corrected chi connectivity index (χ2v) is 7.57. The normalized spacial score (nSPS) is 10.9. The van der Waals surface area contributed by atoms with Gasteiger partial charge in [0.2, 0.25) is 0 Å². The van der Waals surface area contributed by atoms with Crippen LogP contribution in [0.15, 0.2) is 84.0 Å². The van der Waals surface area contributed by atoms with Gasteiger partial charge in [-0.2, -0.15) is 0 Å². The lowest BCUT2D eigenvalue weighted by atomic mass is 10.1. The molecule has 1 heterocycles. The number of para-hydroxylation sites is 1. The van der Waals surface area contributed by atoms with Crippen LogP contribution in [0.1, 0.15) is 16.7 Å². The summed E-state index contributed by atoms with van der Waals surface area (Å²) in [6.45, 7) is 4.22. The zero-order valence-electron chi connectivity index (χ0n) is 15.5. The van der Waals surface area contributed by atoms with Gasteiger partial charge in [0.1, 0.15) is 0 Å². The summed E-state index contributed by atoms with van der Waals surface area (Å²) in [6.07, 6.45) is 0. The van der Waals surface area contributed by atoms with Crippen LogP contribution >= 0.6 is 11.8 Å². The highest BCUT2D eigenvalue weighted by Gasteiger charge is 2.16. The molecule has 0 aliphatic rings. The average Bonchev–Trinajstić information content (AvgIpc) is 3.11. The van der Waals surface area contributed by atoms with Gasteiger partial charge in [0.15, 0.2) is 11.0 Å². The number of nitrogens with zero attached hydrogens (tertiary/aromatic N) is 3. The monoisotopic (exact) mass is 371 g/mol. The standard InChI is InChI=1S/C23H21N3S/c1-17-8-6-10-19(14-17)16-27-23-25-24-22(20-11-7-9-18(2)15-20)26(23)21-12-4-3-5-13-21/h3-15H,16H2,1-2H3. The molecular weight excluding hydrogens is 350 g/mol. The van der Waals surface area contributed by atoms with Crippen LogP contribution < -0.4 is 0 Å². The molecule has 0 aliphatic heterocycles. The van der Waals surface area contributed by atoms with Gasteiger partial charge in [0, 0.05) is 17.0 Å². The fourth-order valence-electron chi connectivity index (χ4n) is 3.09. The highest BCUT2D eigenvalue weighted by Crippen LogP contribution is 2.30. The Labute approximate surface area is 164 Å². The number of hydrogen-bond acceptors (Lipinski definition) is 3. The molecule has 4 heteroatoms. The summed E-state index contributed by atoms with van der Waals surface area (Å²) in [7, 11) is 0. The van der Waals surface area contributed by atoms with Crippen molar-refractivity contribution < 1.29 is 0 Å². The summed E-state index contributed by atoms with van der Waals surface area (Å²) < 4.78 is 2.15. The Bertz CT molecular complexity index is 1050. The van der Waals surface area contributed by atoms with Crippen molar-refractivity contribution in [3.8, 4) is 17.1 Å². The Morgan fingerprint density at radius 1 is 0.778 bits per heavy atom. The third-order valence-corrected chi connectivity index (χ3v) is 5.37. The van der Waals surface area contributed by atoms with Gasteiger partial charge in [0.25, 0.3) is 0 Å². The fraction of sp³-hybridized carbons (Fsp3) is 0.130. The molecule has 0 unspecified atom stereocenters. The van der Waals surface area contributed by atoms with Crippen LogP contribution in [-0.2, 0) is 5.75 Å². The van der Waals surface area contributed by atoms with Gasteiger partial charge in [-0.25, -0.2) is 0 Å². The highest BCUT2D eigenvalue weighted by atomic mass is 32.2. The second kappa shape index (κ2) is 7.80. The molecule has 4 aromatic rings. The van der Waals surface area contributed by atoms with Crippen molar-refractivity contribution in [3.05, 3.63) is 95.6 Å². The first-order valence-electron chi connectivity index (χ1n) is 8.97. The number of rotatable bonds is 5. The van der Waals surface area contributed by atoms with E-state index in [0.717, 1.165) is 28.0 Å². The first kappa shape index (κ1) is 17.6. The Balaban J connectivity index is 1.73. The summed E-state index contributed by atoms with van der Waals surface area (Å²) in [4.78, 5) is 0. The van der Waals surface area contributed by atoms with E-state index in [-0.39, 0.29) is 0 Å². The lowest BCUT2D eigenvalue weighted by Gasteiger charge is -2.11. The summed E-state index contributed by atoms with van der Waals surface area (Å²) >= 11 is 1.71. The predicted octanol–water partition coefficient (Wildman–Crippen LogP) is 5.84. The summed E-state index contributed by atoms with van der Waals surface area (Å²) in [5.74, 6) is 1.73. The van der Waals surface area contributed by atoms with Crippen LogP contribution in [0.5, 0.6) is 0 Å². The zero-order valence-corrected chi connectivity index (χ0v) is 16.3. The predicted molar refractivity (Wildman–Crippen MR) is 112 cm³/mol. The van der Waals surface area contributed by atoms with Gasteiger partial charge in [0.05, 0.1) is 0 Å². The molecule has 27 heavy (non-hydrogen) atoms. The van der Waals surface area contributed by atoms with Gasteiger partial charge in [-0.3, -0.25) is 4.57 Å². The van der Waals surface area contributed by atoms with Gasteiger partial charge in [-0.15, -0.1) is 10.2 Å². The van der Waals surface area contributed by atoms with E-state index in [1.165, 1.54) is 16.7 Å². The van der Waals surface area contributed by atoms with E-state index < -0.39 is 0 Å². The number of benzene rings is 3. The van der Waals surface area contributed by atoms with E-state index in [1.807, 2.05) is 18.2 Å². The Morgan fingerprint density at radius 3 is 2.26 bits per heavy atom. The van der Waals surface area contributed by atoms with E-state index in [9.17, 15) is 0 Å². The molecule has 0 N–H and O–H groups in total. The van der Waals surface area contributed by atoms with E-state index in [4.69, 9.17) is 0 Å². The fourth-order valence-corrected chi connectivity index (χ4v) is 3.99. The van der Waals surface area contributed by atoms with Crippen molar-refractivity contribution in [2.24, 2.45) is 0 Å². The smallest absolute Gasteiger partial charge is 0.196 e. The molecule has 0 saturated carbocycles. The molecule has 3 aromatic carbocycles. The molecular formula is C23H21N3S. The van der Waals surface area contributed by atoms with Crippen molar-refractivity contribution in [3.63, 3.8) is 0 Å². The molecule has 0 radical (unpaired) electrons. The molecule has 0 atom stereocenters. The highest BCUT2D eigenvalue weighted by molar-refractivity contribution is 7.98. The SMILES string of the molecule is Cc1cccc(CSc2nnc(-c3cccc(C)c3)n2-c2ccccc2)c1. The molecule has 3 nitrogen and oxygen atoms in total. The number of aryl methyl sites for hydroxylation is 2. The largest absolute Gasteiger partial charge is 0.270 e. The van der Waals surface area contributed by atoms with E-state index >= 15 is 0 Å². The molecule has 0 saturated heterocycles. The van der Waals surface area contributed by atoms with Crippen molar-refractivity contribution >= 4 is 11.8 Å². The topological polar surface area (TPSA) is 30.7 Å². The van der Waals surface area contributed by atoms with E-state index in [2.05, 4.69) is 89.3 Å². The maximum atomic E-state index is 4.53. The van der Waals surface area contributed by atoms with Crippen LogP contribution in [0, 0.1) is 13.8 Å². The third kappa shape index (κ3) is 3.96. The molecule has 4 rings (SSSR count). The van der Waals surface area contributed by atoms with Crippen LogP contribution in [0.4, 0.5) is 0 Å². The maximum Gasteiger partial charge on any atom is 0.196 e. The molecule has 0 spiro atoms. The van der Waals surface area contributed by atoms with Gasteiger partial charge >= 0.3 is 0 Å². The first-order valence-corrected chi connectivity index (χ1v) is 9.95. The number of thioether (sulfide) groups is 1. The van der Waals surface area contributed by atoms with Crippen molar-refractivity contribution in [2.45, 2.75) is 24.8 Å². The molecule has 134 valence electrons. The molecule has 0 amide bonds. The first-order chi connectivity index (χ1) is 13.2. The Kier molecular flexibility index (Phi) is 5.07. The number of aromatic nitrogens is 3. The number of hydrogen-bond donors (Lipinski definition) is 0. The second-order valence-electron chi connectivity index (χ2n) is 6.62. The molecule has 1 aromatic heterocycles. The van der Waals surface area contributed by atoms with Crippen LogP contribution in [-0.4, -0.2) is 14.8 Å². The summed E-state index contributed by atoms with van der Waals surface area (Å²) in [5, 5.41) is 9.94. The molecule has 0 aliphatic carbocycles. The molecule has 0 bridgehead atoms. The van der Waals surface area contributed by atoms with Crippen molar-refractivity contribution in [2.75, 3.05) is 0 Å². The minimum atomic E-state index is 0.862. The van der Waals surface area contributed by atoms with Crippen LogP contribution in [0.3, 0.4) is 0 Å². The van der Waals surface area contributed by atoms with Gasteiger partial charge < -0.3 is 0 Å². The molecule has 0 fully saturated rings. The minimum Gasteiger partial charge on any atom is -0.270 e. The van der Waals surface area contributed by atoms with Crippen LogP contribution in [0.2, 0.25) is 0 Å². The quantitative estimate of drug-likeness (QED) is 0.413. The van der Waals surface area contributed by atoms with Crippen molar-refractivity contribution in [1.82, 2.24) is 14.8 Å². The zero-order chi connectivity index (χ0) is 18.6. The van der Waals surface area contributed by atoms with Gasteiger partial charge in [-0.05, 0) is 37.6 Å². The summed E-state index contributed by atoms with van der Waals surface area (Å²) in [6, 6.07) is 27.3. The third-order valence-electron chi connectivity index (χ3n) is 4.37. The minimum absolute atomic E-state index is 0.862.